The number of benzene rings is 1. The zero-order valence-corrected chi connectivity index (χ0v) is 12.3. The van der Waals surface area contributed by atoms with Crippen molar-refractivity contribution in [3.8, 4) is 5.75 Å². The second-order valence-electron chi connectivity index (χ2n) is 4.71. The number of aromatic hydroxyl groups is 1. The van der Waals surface area contributed by atoms with Gasteiger partial charge in [0.05, 0.1) is 11.6 Å². The van der Waals surface area contributed by atoms with E-state index in [0.717, 1.165) is 18.7 Å². The minimum Gasteiger partial charge on any atom is -0.506 e. The van der Waals surface area contributed by atoms with Gasteiger partial charge in [-0.25, -0.2) is 4.79 Å². The van der Waals surface area contributed by atoms with Crippen LogP contribution in [-0.4, -0.2) is 53.8 Å². The summed E-state index contributed by atoms with van der Waals surface area (Å²) in [6, 6.07) is 5.35. The molecule has 0 atom stereocenters. The van der Waals surface area contributed by atoms with Gasteiger partial charge in [0.2, 0.25) is 0 Å². The van der Waals surface area contributed by atoms with Crippen molar-refractivity contribution in [1.29, 1.82) is 0 Å². The fourth-order valence-electron chi connectivity index (χ4n) is 2.23. The van der Waals surface area contributed by atoms with Crippen molar-refractivity contribution in [3.05, 3.63) is 28.8 Å². The maximum atomic E-state index is 11.6. The molecule has 1 aromatic rings. The lowest BCUT2D eigenvalue weighted by atomic mass is 10.1. The van der Waals surface area contributed by atoms with Crippen LogP contribution in [0.15, 0.2) is 18.2 Å². The highest BCUT2D eigenvalue weighted by molar-refractivity contribution is 6.32. The molecule has 1 amide bonds. The minimum atomic E-state index is -0.252. The van der Waals surface area contributed by atoms with E-state index < -0.39 is 0 Å². The molecule has 1 aliphatic heterocycles. The lowest BCUT2D eigenvalue weighted by Gasteiger charge is -2.34. The van der Waals surface area contributed by atoms with Crippen LogP contribution in [0, 0.1) is 0 Å². The van der Waals surface area contributed by atoms with E-state index in [1.54, 1.807) is 17.9 Å². The number of phenolic OH excluding ortho intramolecular Hbond substituents is 1. The maximum Gasteiger partial charge on any atom is 0.409 e. The Morgan fingerprint density at radius 3 is 2.70 bits per heavy atom. The molecule has 1 aromatic carbocycles. The van der Waals surface area contributed by atoms with Gasteiger partial charge in [-0.3, -0.25) is 4.90 Å². The quantitative estimate of drug-likeness (QED) is 0.930. The van der Waals surface area contributed by atoms with E-state index in [2.05, 4.69) is 4.90 Å². The molecule has 0 saturated carbocycles. The van der Waals surface area contributed by atoms with Gasteiger partial charge in [-0.1, -0.05) is 23.7 Å². The van der Waals surface area contributed by atoms with Gasteiger partial charge in [-0.2, -0.15) is 0 Å². The SMILES string of the molecule is CCOC(=O)N1CCN(Cc2cccc(Cl)c2O)CC1. The lowest BCUT2D eigenvalue weighted by Crippen LogP contribution is -2.48. The molecule has 0 aliphatic carbocycles. The van der Waals surface area contributed by atoms with Crippen LogP contribution in [-0.2, 0) is 11.3 Å². The van der Waals surface area contributed by atoms with Crippen LogP contribution in [0.4, 0.5) is 4.79 Å². The molecular weight excluding hydrogens is 280 g/mol. The summed E-state index contributed by atoms with van der Waals surface area (Å²) in [5.41, 5.74) is 0.807. The van der Waals surface area contributed by atoms with E-state index in [-0.39, 0.29) is 11.8 Å². The van der Waals surface area contributed by atoms with E-state index in [9.17, 15) is 9.90 Å². The topological polar surface area (TPSA) is 53.0 Å². The van der Waals surface area contributed by atoms with Crippen molar-refractivity contribution < 1.29 is 14.6 Å². The summed E-state index contributed by atoms with van der Waals surface area (Å²) < 4.78 is 4.98. The summed E-state index contributed by atoms with van der Waals surface area (Å²) in [5.74, 6) is 0.141. The number of carbonyl (C=O) groups excluding carboxylic acids is 1. The average molecular weight is 299 g/mol. The second-order valence-corrected chi connectivity index (χ2v) is 5.12. The van der Waals surface area contributed by atoms with Crippen molar-refractivity contribution in [2.75, 3.05) is 32.8 Å². The Kier molecular flexibility index (Phi) is 5.09. The van der Waals surface area contributed by atoms with Crippen molar-refractivity contribution in [1.82, 2.24) is 9.80 Å². The predicted octanol–water partition coefficient (Wildman–Crippen LogP) is 2.32. The fourth-order valence-corrected chi connectivity index (χ4v) is 2.43. The number of carbonyl (C=O) groups is 1. The van der Waals surface area contributed by atoms with E-state index in [0.29, 0.717) is 31.3 Å². The molecule has 1 saturated heterocycles. The lowest BCUT2D eigenvalue weighted by molar-refractivity contribution is 0.0776. The summed E-state index contributed by atoms with van der Waals surface area (Å²) >= 11 is 5.89. The third-order valence-corrected chi connectivity index (χ3v) is 3.67. The Morgan fingerprint density at radius 1 is 1.35 bits per heavy atom. The highest BCUT2D eigenvalue weighted by atomic mass is 35.5. The Labute approximate surface area is 123 Å². The van der Waals surface area contributed by atoms with Crippen LogP contribution in [0.3, 0.4) is 0 Å². The Bertz CT molecular complexity index is 473. The Balaban J connectivity index is 1.88. The molecule has 2 rings (SSSR count). The van der Waals surface area contributed by atoms with Crippen LogP contribution >= 0.6 is 11.6 Å². The van der Waals surface area contributed by atoms with E-state index in [1.807, 2.05) is 12.1 Å². The molecule has 0 spiro atoms. The molecular formula is C14H19ClN2O3. The monoisotopic (exact) mass is 298 g/mol. The van der Waals surface area contributed by atoms with Gasteiger partial charge < -0.3 is 14.7 Å². The van der Waals surface area contributed by atoms with Crippen molar-refractivity contribution in [3.63, 3.8) is 0 Å². The summed E-state index contributed by atoms with van der Waals surface area (Å²) in [6.45, 7) is 5.62. The molecule has 1 fully saturated rings. The standard InChI is InChI=1S/C14H19ClN2O3/c1-2-20-14(19)17-8-6-16(7-9-17)10-11-4-3-5-12(15)13(11)18/h3-5,18H,2,6-10H2,1H3. The number of amides is 1. The maximum absolute atomic E-state index is 11.6. The molecule has 6 heteroatoms. The number of piperazine rings is 1. The van der Waals surface area contributed by atoms with Crippen LogP contribution in [0.5, 0.6) is 5.75 Å². The van der Waals surface area contributed by atoms with Gasteiger partial charge >= 0.3 is 6.09 Å². The predicted molar refractivity (Wildman–Crippen MR) is 77.0 cm³/mol. The molecule has 0 unspecified atom stereocenters. The van der Waals surface area contributed by atoms with Gasteiger partial charge in [0, 0.05) is 38.3 Å². The molecule has 5 nitrogen and oxygen atoms in total. The smallest absolute Gasteiger partial charge is 0.409 e. The third-order valence-electron chi connectivity index (χ3n) is 3.36. The number of nitrogens with zero attached hydrogens (tertiary/aromatic N) is 2. The van der Waals surface area contributed by atoms with Gasteiger partial charge in [0.1, 0.15) is 5.75 Å². The molecule has 1 N–H and O–H groups in total. The van der Waals surface area contributed by atoms with Crippen LogP contribution in [0.1, 0.15) is 12.5 Å². The van der Waals surface area contributed by atoms with E-state index in [1.165, 1.54) is 0 Å². The summed E-state index contributed by atoms with van der Waals surface area (Å²) in [4.78, 5) is 15.5. The normalized spacial score (nSPS) is 16.2. The number of hydrogen-bond acceptors (Lipinski definition) is 4. The molecule has 0 radical (unpaired) electrons. The zero-order valence-electron chi connectivity index (χ0n) is 11.5. The molecule has 1 heterocycles. The molecule has 0 bridgehead atoms. The minimum absolute atomic E-state index is 0.141. The van der Waals surface area contributed by atoms with E-state index >= 15 is 0 Å². The second kappa shape index (κ2) is 6.81. The molecule has 0 aromatic heterocycles. The first kappa shape index (κ1) is 14.9. The first-order chi connectivity index (χ1) is 9.61. The number of para-hydroxylation sites is 1. The zero-order chi connectivity index (χ0) is 14.5. The summed E-state index contributed by atoms with van der Waals surface area (Å²) in [6.07, 6.45) is -0.252. The largest absolute Gasteiger partial charge is 0.506 e. The van der Waals surface area contributed by atoms with Crippen LogP contribution in [0.2, 0.25) is 5.02 Å². The highest BCUT2D eigenvalue weighted by Crippen LogP contribution is 2.28. The number of phenols is 1. The first-order valence-electron chi connectivity index (χ1n) is 6.72. The van der Waals surface area contributed by atoms with Gasteiger partial charge in [0.15, 0.2) is 0 Å². The van der Waals surface area contributed by atoms with Crippen LogP contribution < -0.4 is 0 Å². The van der Waals surface area contributed by atoms with Crippen molar-refractivity contribution in [2.24, 2.45) is 0 Å². The third kappa shape index (κ3) is 3.55. The van der Waals surface area contributed by atoms with Crippen molar-refractivity contribution in [2.45, 2.75) is 13.5 Å². The number of halogens is 1. The average Bonchev–Trinajstić information content (AvgIpc) is 2.45. The molecule has 20 heavy (non-hydrogen) atoms. The van der Waals surface area contributed by atoms with Crippen molar-refractivity contribution >= 4 is 17.7 Å². The highest BCUT2D eigenvalue weighted by Gasteiger charge is 2.22. The Hall–Kier alpha value is -1.46. The summed E-state index contributed by atoms with van der Waals surface area (Å²) in [7, 11) is 0. The first-order valence-corrected chi connectivity index (χ1v) is 7.10. The number of rotatable bonds is 3. The molecule has 1 aliphatic rings. The van der Waals surface area contributed by atoms with Gasteiger partial charge in [0.25, 0.3) is 0 Å². The summed E-state index contributed by atoms with van der Waals surface area (Å²) in [5, 5.41) is 10.3. The van der Waals surface area contributed by atoms with Crippen LogP contribution in [0.25, 0.3) is 0 Å². The fraction of sp³-hybridized carbons (Fsp3) is 0.500. The van der Waals surface area contributed by atoms with E-state index in [4.69, 9.17) is 16.3 Å². The van der Waals surface area contributed by atoms with Gasteiger partial charge in [-0.15, -0.1) is 0 Å². The number of hydrogen-bond donors (Lipinski definition) is 1. The molecule has 110 valence electrons. The van der Waals surface area contributed by atoms with Gasteiger partial charge in [-0.05, 0) is 13.0 Å². The Morgan fingerprint density at radius 2 is 2.05 bits per heavy atom. The number of ether oxygens (including phenoxy) is 1.